The van der Waals surface area contributed by atoms with Crippen molar-refractivity contribution in [1.29, 1.82) is 0 Å². The summed E-state index contributed by atoms with van der Waals surface area (Å²) in [5, 5.41) is 72.0. The van der Waals surface area contributed by atoms with Crippen LogP contribution in [-0.4, -0.2) is 156 Å². The molecule has 0 aromatic rings. The van der Waals surface area contributed by atoms with E-state index in [1.807, 2.05) is 6.08 Å². The van der Waals surface area contributed by atoms with E-state index < -0.39 is 78.9 Å². The lowest BCUT2D eigenvalue weighted by molar-refractivity contribution is -0.304. The molecule has 0 aromatic heterocycles. The monoisotopic (exact) mass is 608 g/mol. The number of nitrogens with one attached hydrogen (secondary N) is 3. The third-order valence-electron chi connectivity index (χ3n) is 8.14. The maximum absolute atomic E-state index is 11.6. The van der Waals surface area contributed by atoms with Gasteiger partial charge in [0.05, 0.1) is 50.6 Å². The van der Waals surface area contributed by atoms with E-state index in [-0.39, 0.29) is 39.3 Å². The number of hydrogen-bond donors (Lipinski definition) is 12. The summed E-state index contributed by atoms with van der Waals surface area (Å²) < 4.78 is 24.1. The Morgan fingerprint density at radius 1 is 1.10 bits per heavy atom. The van der Waals surface area contributed by atoms with Crippen LogP contribution >= 0.6 is 0 Å². The van der Waals surface area contributed by atoms with Crippen LogP contribution in [0.5, 0.6) is 0 Å². The third-order valence-corrected chi connectivity index (χ3v) is 8.14. The average Bonchev–Trinajstić information content (AvgIpc) is 2.96. The maximum Gasteiger partial charge on any atom is 0.215 e. The van der Waals surface area contributed by atoms with Gasteiger partial charge in [0, 0.05) is 18.6 Å². The maximum atomic E-state index is 11.6. The van der Waals surface area contributed by atoms with Gasteiger partial charge in [-0.2, -0.15) is 0 Å². The topological polar surface area (TPSA) is 272 Å². The van der Waals surface area contributed by atoms with E-state index in [1.54, 1.807) is 7.05 Å². The minimum Gasteiger partial charge on any atom is -0.467 e. The molecule has 246 valence electrons. The van der Waals surface area contributed by atoms with Crippen LogP contribution in [0.1, 0.15) is 26.2 Å². The van der Waals surface area contributed by atoms with E-state index in [0.29, 0.717) is 25.1 Å². The van der Waals surface area contributed by atoms with Gasteiger partial charge in [0.25, 0.3) is 0 Å². The van der Waals surface area contributed by atoms with Crippen molar-refractivity contribution < 1.29 is 49.6 Å². The van der Waals surface area contributed by atoms with Crippen LogP contribution in [0, 0.1) is 0 Å². The lowest BCUT2D eigenvalue weighted by Crippen LogP contribution is -2.69. The molecule has 2 fully saturated rings. The molecule has 0 radical (unpaired) electrons. The second kappa shape index (κ2) is 16.3. The molecule has 12 atom stereocenters. The number of likely N-dealkylation sites (N-methyl/N-ethyl adjacent to an activating group) is 1. The number of hydrogen-bond acceptors (Lipinski definition) is 16. The first kappa shape index (κ1) is 35.4. The summed E-state index contributed by atoms with van der Waals surface area (Å²) in [4.78, 5) is 0. The minimum absolute atomic E-state index is 0.135. The largest absolute Gasteiger partial charge is 0.467 e. The first-order valence-electron chi connectivity index (χ1n) is 14.6. The molecule has 42 heavy (non-hydrogen) atoms. The van der Waals surface area contributed by atoms with E-state index in [2.05, 4.69) is 16.0 Å². The molecule has 15 N–H and O–H groups in total. The van der Waals surface area contributed by atoms with Gasteiger partial charge in [0.2, 0.25) is 6.29 Å². The SMILES string of the molecule is CN[C@@H]1[C@@H](O)[C@@H](O[C@H]2[C@H](NC(CO)CO)C[C@H](N)C(O[C@H]3OC(CN)=CC[C@H]3NCC(O)CCN)[C@@H]2O)OC[C@]1(C)O. The molecule has 0 bridgehead atoms. The molecule has 0 spiro atoms. The molecular formula is C26H52N6O10. The standard InChI is InChI=1S/C26H52N6O10/c1-26(38)12-39-25(20(37)23(26)30-2)42-22-18(32-13(10-33)11-34)7-16(29)21(19(22)36)41-24-17(4-3-15(8-28)40-24)31-9-14(35)5-6-27/h3,13-14,16-25,30-38H,4-12,27-29H2,1-2H3/t14?,16-,17+,18+,19-,20+,21?,22-,23+,24+,25+,26-/m0/s1. The van der Waals surface area contributed by atoms with Crippen LogP contribution in [0.3, 0.4) is 0 Å². The van der Waals surface area contributed by atoms with Crippen molar-refractivity contribution in [2.75, 3.05) is 46.5 Å². The van der Waals surface area contributed by atoms with Gasteiger partial charge in [0.1, 0.15) is 35.8 Å². The minimum atomic E-state index is -1.38. The zero-order chi connectivity index (χ0) is 31.0. The fourth-order valence-electron chi connectivity index (χ4n) is 5.77. The van der Waals surface area contributed by atoms with E-state index in [4.69, 9.17) is 36.1 Å². The van der Waals surface area contributed by atoms with Crippen molar-refractivity contribution in [3.63, 3.8) is 0 Å². The summed E-state index contributed by atoms with van der Waals surface area (Å²) in [7, 11) is 1.59. The highest BCUT2D eigenvalue weighted by molar-refractivity contribution is 5.06. The Balaban J connectivity index is 1.81. The molecule has 2 unspecified atom stereocenters. The highest BCUT2D eigenvalue weighted by atomic mass is 16.7. The Bertz CT molecular complexity index is 839. The van der Waals surface area contributed by atoms with E-state index in [0.717, 1.165) is 0 Å². The number of ether oxygens (including phenoxy) is 4. The Morgan fingerprint density at radius 2 is 1.79 bits per heavy atom. The van der Waals surface area contributed by atoms with Crippen molar-refractivity contribution in [3.8, 4) is 0 Å². The van der Waals surface area contributed by atoms with Crippen LogP contribution in [-0.2, 0) is 18.9 Å². The molecule has 2 heterocycles. The van der Waals surface area contributed by atoms with Gasteiger partial charge in [-0.15, -0.1) is 0 Å². The quantitative estimate of drug-likeness (QED) is 0.0826. The molecule has 0 aromatic carbocycles. The molecule has 3 rings (SSSR count). The fourth-order valence-corrected chi connectivity index (χ4v) is 5.77. The molecule has 16 nitrogen and oxygen atoms in total. The molecular weight excluding hydrogens is 556 g/mol. The smallest absolute Gasteiger partial charge is 0.215 e. The number of aliphatic hydroxyl groups is 6. The molecule has 1 aliphatic carbocycles. The lowest BCUT2D eigenvalue weighted by atomic mass is 9.83. The van der Waals surface area contributed by atoms with Crippen molar-refractivity contribution >= 4 is 0 Å². The molecule has 1 saturated heterocycles. The van der Waals surface area contributed by atoms with Gasteiger partial charge < -0.3 is 82.7 Å². The van der Waals surface area contributed by atoms with Gasteiger partial charge in [-0.25, -0.2) is 0 Å². The fraction of sp³-hybridized carbons (Fsp3) is 0.923. The first-order chi connectivity index (χ1) is 20.0. The number of aliphatic hydroxyl groups excluding tert-OH is 5. The van der Waals surface area contributed by atoms with Gasteiger partial charge >= 0.3 is 0 Å². The van der Waals surface area contributed by atoms with Crippen LogP contribution in [0.2, 0.25) is 0 Å². The molecule has 3 aliphatic rings. The third kappa shape index (κ3) is 8.77. The Hall–Kier alpha value is -1.06. The Labute approximate surface area is 246 Å². The second-order valence-corrected chi connectivity index (χ2v) is 11.6. The Morgan fingerprint density at radius 3 is 2.40 bits per heavy atom. The van der Waals surface area contributed by atoms with Crippen LogP contribution in [0.25, 0.3) is 0 Å². The zero-order valence-electron chi connectivity index (χ0n) is 24.4. The summed E-state index contributed by atoms with van der Waals surface area (Å²) in [6.07, 6.45) is -4.69. The van der Waals surface area contributed by atoms with Gasteiger partial charge in [-0.1, -0.05) is 0 Å². The van der Waals surface area contributed by atoms with Crippen molar-refractivity contribution in [2.24, 2.45) is 17.2 Å². The van der Waals surface area contributed by atoms with Gasteiger partial charge in [-0.05, 0) is 45.9 Å². The second-order valence-electron chi connectivity index (χ2n) is 11.6. The summed E-state index contributed by atoms with van der Waals surface area (Å²) in [5.74, 6) is 0.504. The van der Waals surface area contributed by atoms with Gasteiger partial charge in [-0.3, -0.25) is 0 Å². The predicted molar refractivity (Wildman–Crippen MR) is 151 cm³/mol. The summed E-state index contributed by atoms with van der Waals surface area (Å²) in [6.45, 7) is 1.32. The van der Waals surface area contributed by atoms with Crippen LogP contribution in [0.15, 0.2) is 11.8 Å². The average molecular weight is 609 g/mol. The van der Waals surface area contributed by atoms with Gasteiger partial charge in [0.15, 0.2) is 6.29 Å². The summed E-state index contributed by atoms with van der Waals surface area (Å²) in [5.41, 5.74) is 16.5. The van der Waals surface area contributed by atoms with Crippen LogP contribution < -0.4 is 33.2 Å². The van der Waals surface area contributed by atoms with Crippen molar-refractivity contribution in [2.45, 2.75) is 105 Å². The highest BCUT2D eigenvalue weighted by Crippen LogP contribution is 2.32. The highest BCUT2D eigenvalue weighted by Gasteiger charge is 2.51. The summed E-state index contributed by atoms with van der Waals surface area (Å²) >= 11 is 0. The van der Waals surface area contributed by atoms with E-state index >= 15 is 0 Å². The number of nitrogens with two attached hydrogens (primary N) is 3. The zero-order valence-corrected chi connectivity index (χ0v) is 24.4. The first-order valence-corrected chi connectivity index (χ1v) is 14.6. The number of rotatable bonds is 15. The molecule has 2 aliphatic heterocycles. The molecule has 1 saturated carbocycles. The molecule has 0 amide bonds. The van der Waals surface area contributed by atoms with Crippen molar-refractivity contribution in [3.05, 3.63) is 11.8 Å². The Kier molecular flexibility index (Phi) is 13.8. The van der Waals surface area contributed by atoms with E-state index in [1.165, 1.54) is 6.92 Å². The predicted octanol–water partition coefficient (Wildman–Crippen LogP) is -5.53. The van der Waals surface area contributed by atoms with Crippen LogP contribution in [0.4, 0.5) is 0 Å². The van der Waals surface area contributed by atoms with Crippen molar-refractivity contribution in [1.82, 2.24) is 16.0 Å². The summed E-state index contributed by atoms with van der Waals surface area (Å²) in [6, 6.07) is -3.35. The lowest BCUT2D eigenvalue weighted by Gasteiger charge is -2.49. The van der Waals surface area contributed by atoms with E-state index in [9.17, 15) is 30.6 Å². The normalized spacial score (nSPS) is 40.0. The molecule has 16 heteroatoms.